The number of fused-ring (bicyclic) bond motifs is 1. The lowest BCUT2D eigenvalue weighted by Gasteiger charge is -2.06. The predicted octanol–water partition coefficient (Wildman–Crippen LogP) is 2.50. The molecular formula is C17H13ClN2O3. The van der Waals surface area contributed by atoms with Crippen LogP contribution in [0.1, 0.15) is 36.6 Å². The van der Waals surface area contributed by atoms with E-state index in [1.165, 1.54) is 25.2 Å². The smallest absolute Gasteiger partial charge is 0.261 e. The molecule has 1 heterocycles. The van der Waals surface area contributed by atoms with Crippen LogP contribution in [-0.4, -0.2) is 29.7 Å². The first-order valence-corrected chi connectivity index (χ1v) is 7.34. The second-order valence-electron chi connectivity index (χ2n) is 5.24. The molecule has 0 bridgehead atoms. The third-order valence-corrected chi connectivity index (χ3v) is 3.93. The summed E-state index contributed by atoms with van der Waals surface area (Å²) in [6, 6.07) is 11.7. The molecule has 1 aliphatic rings. The highest BCUT2D eigenvalue weighted by molar-refractivity contribution is 6.30. The van der Waals surface area contributed by atoms with E-state index in [1.807, 2.05) is 6.07 Å². The molecule has 6 heteroatoms. The van der Waals surface area contributed by atoms with Crippen molar-refractivity contribution in [3.05, 3.63) is 69.7 Å². The number of rotatable bonds is 3. The summed E-state index contributed by atoms with van der Waals surface area (Å²) in [5.74, 6) is -1.06. The molecule has 0 atom stereocenters. The zero-order chi connectivity index (χ0) is 16.6. The van der Waals surface area contributed by atoms with E-state index < -0.39 is 5.91 Å². The molecule has 1 aliphatic heterocycles. The van der Waals surface area contributed by atoms with Crippen molar-refractivity contribution >= 4 is 29.3 Å². The van der Waals surface area contributed by atoms with Gasteiger partial charge in [0.15, 0.2) is 0 Å². The van der Waals surface area contributed by atoms with Crippen molar-refractivity contribution in [2.45, 2.75) is 6.54 Å². The van der Waals surface area contributed by atoms with Crippen molar-refractivity contribution in [3.63, 3.8) is 0 Å². The minimum Gasteiger partial charge on any atom is -0.348 e. The van der Waals surface area contributed by atoms with Crippen LogP contribution >= 0.6 is 11.6 Å². The number of imide groups is 1. The molecule has 0 aliphatic carbocycles. The Hall–Kier alpha value is -2.66. The molecule has 1 N–H and O–H groups in total. The quantitative estimate of drug-likeness (QED) is 0.880. The zero-order valence-electron chi connectivity index (χ0n) is 12.3. The fourth-order valence-corrected chi connectivity index (χ4v) is 2.65. The Morgan fingerprint density at radius 1 is 1.09 bits per heavy atom. The Morgan fingerprint density at radius 3 is 2.57 bits per heavy atom. The highest BCUT2D eigenvalue weighted by Crippen LogP contribution is 2.22. The van der Waals surface area contributed by atoms with E-state index in [0.29, 0.717) is 22.7 Å². The van der Waals surface area contributed by atoms with Crippen LogP contribution in [0.15, 0.2) is 42.5 Å². The fourth-order valence-electron chi connectivity index (χ4n) is 2.43. The van der Waals surface area contributed by atoms with Gasteiger partial charge in [-0.25, -0.2) is 0 Å². The second kappa shape index (κ2) is 5.85. The van der Waals surface area contributed by atoms with Gasteiger partial charge >= 0.3 is 0 Å². The van der Waals surface area contributed by atoms with E-state index >= 15 is 0 Å². The fraction of sp³-hybridized carbons (Fsp3) is 0.118. The minimum atomic E-state index is -0.394. The first-order valence-electron chi connectivity index (χ1n) is 6.96. The molecule has 3 amide bonds. The van der Waals surface area contributed by atoms with Crippen LogP contribution in [0.25, 0.3) is 0 Å². The standard InChI is InChI=1S/C17H13ClN2O3/c1-20-16(22)13-6-5-11(8-14(13)17(20)23)15(21)19-9-10-3-2-4-12(18)7-10/h2-8H,9H2,1H3,(H,19,21). The number of hydrogen-bond acceptors (Lipinski definition) is 3. The number of nitrogens with one attached hydrogen (secondary N) is 1. The van der Waals surface area contributed by atoms with Crippen LogP contribution in [0.3, 0.4) is 0 Å². The molecule has 23 heavy (non-hydrogen) atoms. The summed E-state index contributed by atoms with van der Waals surface area (Å²) < 4.78 is 0. The monoisotopic (exact) mass is 328 g/mol. The molecule has 0 spiro atoms. The molecule has 0 saturated heterocycles. The van der Waals surface area contributed by atoms with Gasteiger partial charge in [0.2, 0.25) is 0 Å². The Bertz CT molecular complexity index is 832. The van der Waals surface area contributed by atoms with Crippen LogP contribution in [0.2, 0.25) is 5.02 Å². The van der Waals surface area contributed by atoms with Crippen molar-refractivity contribution in [3.8, 4) is 0 Å². The molecule has 5 nitrogen and oxygen atoms in total. The van der Waals surface area contributed by atoms with Gasteiger partial charge in [0.25, 0.3) is 17.7 Å². The number of halogens is 1. The lowest BCUT2D eigenvalue weighted by atomic mass is 10.1. The predicted molar refractivity (Wildman–Crippen MR) is 85.5 cm³/mol. The average Bonchev–Trinajstić information content (AvgIpc) is 2.77. The molecule has 0 saturated carbocycles. The maximum atomic E-state index is 12.2. The van der Waals surface area contributed by atoms with E-state index in [9.17, 15) is 14.4 Å². The maximum Gasteiger partial charge on any atom is 0.261 e. The summed E-state index contributed by atoms with van der Waals surface area (Å²) in [7, 11) is 1.42. The molecule has 3 rings (SSSR count). The van der Waals surface area contributed by atoms with Crippen molar-refractivity contribution < 1.29 is 14.4 Å². The Kier molecular flexibility index (Phi) is 3.88. The SMILES string of the molecule is CN1C(=O)c2ccc(C(=O)NCc3cccc(Cl)c3)cc2C1=O. The average molecular weight is 329 g/mol. The van der Waals surface area contributed by atoms with E-state index in [4.69, 9.17) is 11.6 Å². The number of benzene rings is 2. The highest BCUT2D eigenvalue weighted by Gasteiger charge is 2.33. The van der Waals surface area contributed by atoms with Crippen LogP contribution in [0.4, 0.5) is 0 Å². The van der Waals surface area contributed by atoms with Gasteiger partial charge in [0.05, 0.1) is 11.1 Å². The van der Waals surface area contributed by atoms with Crippen molar-refractivity contribution in [2.24, 2.45) is 0 Å². The van der Waals surface area contributed by atoms with E-state index in [2.05, 4.69) is 5.32 Å². The van der Waals surface area contributed by atoms with Gasteiger partial charge in [0, 0.05) is 24.2 Å². The van der Waals surface area contributed by atoms with Crippen molar-refractivity contribution in [1.29, 1.82) is 0 Å². The summed E-state index contributed by atoms with van der Waals surface area (Å²) in [6.45, 7) is 0.323. The Balaban J connectivity index is 1.77. The number of carbonyl (C=O) groups excluding carboxylic acids is 3. The van der Waals surface area contributed by atoms with E-state index in [0.717, 1.165) is 10.5 Å². The zero-order valence-corrected chi connectivity index (χ0v) is 13.1. The van der Waals surface area contributed by atoms with Gasteiger partial charge in [-0.05, 0) is 35.9 Å². The molecule has 0 unspecified atom stereocenters. The summed E-state index contributed by atoms with van der Waals surface area (Å²) in [4.78, 5) is 37.0. The normalized spacial score (nSPS) is 13.2. The molecule has 2 aromatic rings. The minimum absolute atomic E-state index is 0.257. The molecule has 0 aromatic heterocycles. The van der Waals surface area contributed by atoms with Gasteiger partial charge < -0.3 is 5.32 Å². The molecule has 0 radical (unpaired) electrons. The van der Waals surface area contributed by atoms with Crippen LogP contribution < -0.4 is 5.32 Å². The lowest BCUT2D eigenvalue weighted by molar-refractivity contribution is 0.0693. The van der Waals surface area contributed by atoms with Crippen LogP contribution in [-0.2, 0) is 6.54 Å². The van der Waals surface area contributed by atoms with Crippen LogP contribution in [0.5, 0.6) is 0 Å². The number of hydrogen-bond donors (Lipinski definition) is 1. The summed E-state index contributed by atoms with van der Waals surface area (Å²) in [5, 5.41) is 3.36. The van der Waals surface area contributed by atoms with Gasteiger partial charge in [-0.3, -0.25) is 19.3 Å². The molecule has 0 fully saturated rings. The second-order valence-corrected chi connectivity index (χ2v) is 5.68. The third-order valence-electron chi connectivity index (χ3n) is 3.69. The topological polar surface area (TPSA) is 66.5 Å². The maximum absolute atomic E-state index is 12.2. The number of carbonyl (C=O) groups is 3. The van der Waals surface area contributed by atoms with Gasteiger partial charge in [0.1, 0.15) is 0 Å². The van der Waals surface area contributed by atoms with Gasteiger partial charge in [-0.1, -0.05) is 23.7 Å². The third kappa shape index (κ3) is 2.83. The summed E-state index contributed by atoms with van der Waals surface area (Å²) in [5.41, 5.74) is 1.79. The van der Waals surface area contributed by atoms with Crippen molar-refractivity contribution in [1.82, 2.24) is 10.2 Å². The summed E-state index contributed by atoms with van der Waals surface area (Å²) >= 11 is 5.90. The first kappa shape index (κ1) is 15.2. The Morgan fingerprint density at radius 2 is 1.83 bits per heavy atom. The van der Waals surface area contributed by atoms with E-state index in [1.54, 1.807) is 18.2 Å². The molecule has 2 aromatic carbocycles. The molecule has 116 valence electrons. The number of amides is 3. The summed E-state index contributed by atoms with van der Waals surface area (Å²) in [6.07, 6.45) is 0. The van der Waals surface area contributed by atoms with Crippen molar-refractivity contribution in [2.75, 3.05) is 7.05 Å². The largest absolute Gasteiger partial charge is 0.348 e. The lowest BCUT2D eigenvalue weighted by Crippen LogP contribution is -2.24. The van der Waals surface area contributed by atoms with Gasteiger partial charge in [-0.15, -0.1) is 0 Å². The van der Waals surface area contributed by atoms with Gasteiger partial charge in [-0.2, -0.15) is 0 Å². The highest BCUT2D eigenvalue weighted by atomic mass is 35.5. The Labute approximate surface area is 137 Å². The van der Waals surface area contributed by atoms with E-state index in [-0.39, 0.29) is 17.4 Å². The number of nitrogens with zero attached hydrogens (tertiary/aromatic N) is 1. The van der Waals surface area contributed by atoms with Crippen LogP contribution in [0, 0.1) is 0 Å². The first-order chi connectivity index (χ1) is 11.0. The molecular weight excluding hydrogens is 316 g/mol.